The van der Waals surface area contributed by atoms with Gasteiger partial charge in [-0.15, -0.1) is 0 Å². The van der Waals surface area contributed by atoms with Crippen molar-refractivity contribution in [3.05, 3.63) is 71.8 Å². The second-order valence-electron chi connectivity index (χ2n) is 6.13. The molecule has 138 valence electrons. The summed E-state index contributed by atoms with van der Waals surface area (Å²) >= 11 is 0. The normalized spacial score (nSPS) is 10.3. The third-order valence-electron chi connectivity index (χ3n) is 4.12. The van der Waals surface area contributed by atoms with Crippen LogP contribution in [0.2, 0.25) is 0 Å². The van der Waals surface area contributed by atoms with Crippen LogP contribution in [0.3, 0.4) is 0 Å². The van der Waals surface area contributed by atoms with E-state index in [9.17, 15) is 9.59 Å². The average Bonchev–Trinajstić information content (AvgIpc) is 2.70. The predicted octanol–water partition coefficient (Wildman–Crippen LogP) is 2.69. The van der Waals surface area contributed by atoms with Crippen LogP contribution in [0.5, 0.6) is 0 Å². The van der Waals surface area contributed by atoms with Crippen LogP contribution >= 0.6 is 0 Å². The Morgan fingerprint density at radius 1 is 0.808 bits per heavy atom. The number of nitrogens with two attached hydrogens (primary N) is 1. The molecule has 0 aliphatic heterocycles. The number of benzene rings is 2. The minimum atomic E-state index is -0.0639. The zero-order chi connectivity index (χ0) is 18.6. The maximum absolute atomic E-state index is 12.6. The molecular weight excluding hydrogens is 326 g/mol. The van der Waals surface area contributed by atoms with Gasteiger partial charge in [0.05, 0.1) is 0 Å². The first kappa shape index (κ1) is 19.7. The van der Waals surface area contributed by atoms with Gasteiger partial charge in [-0.05, 0) is 50.1 Å². The fourth-order valence-corrected chi connectivity index (χ4v) is 2.68. The molecule has 0 fully saturated rings. The second-order valence-corrected chi connectivity index (χ2v) is 6.13. The van der Waals surface area contributed by atoms with Crippen molar-refractivity contribution in [2.24, 2.45) is 5.73 Å². The zero-order valence-electron chi connectivity index (χ0n) is 15.1. The van der Waals surface area contributed by atoms with E-state index in [0.717, 1.165) is 19.3 Å². The fraction of sp³-hybridized carbons (Fsp3) is 0.333. The Bertz CT molecular complexity index is 674. The number of unbranched alkanes of at least 4 members (excludes halogenated alkanes) is 1. The molecule has 0 bridgehead atoms. The Kier molecular flexibility index (Phi) is 8.36. The highest BCUT2D eigenvalue weighted by Gasteiger charge is 2.14. The lowest BCUT2D eigenvalue weighted by Gasteiger charge is -2.22. The van der Waals surface area contributed by atoms with Gasteiger partial charge in [-0.25, -0.2) is 0 Å². The Hall–Kier alpha value is -2.66. The summed E-state index contributed by atoms with van der Waals surface area (Å²) in [5, 5.41) is 2.91. The summed E-state index contributed by atoms with van der Waals surface area (Å²) in [5.41, 5.74) is 6.95. The molecule has 0 atom stereocenters. The van der Waals surface area contributed by atoms with Crippen molar-refractivity contribution < 1.29 is 9.59 Å². The molecule has 0 saturated carbocycles. The van der Waals surface area contributed by atoms with Crippen molar-refractivity contribution >= 4 is 11.8 Å². The Morgan fingerprint density at radius 3 is 2.00 bits per heavy atom. The Labute approximate surface area is 155 Å². The maximum Gasteiger partial charge on any atom is 0.253 e. The van der Waals surface area contributed by atoms with Gasteiger partial charge in [0.15, 0.2) is 0 Å². The highest BCUT2D eigenvalue weighted by Crippen LogP contribution is 2.07. The van der Waals surface area contributed by atoms with Crippen molar-refractivity contribution in [3.63, 3.8) is 0 Å². The van der Waals surface area contributed by atoms with Crippen LogP contribution in [0.25, 0.3) is 0 Å². The van der Waals surface area contributed by atoms with E-state index in [1.807, 2.05) is 53.4 Å². The van der Waals surface area contributed by atoms with E-state index in [0.29, 0.717) is 37.3 Å². The summed E-state index contributed by atoms with van der Waals surface area (Å²) < 4.78 is 0. The lowest BCUT2D eigenvalue weighted by molar-refractivity contribution is 0.0750. The molecule has 2 aromatic carbocycles. The minimum Gasteiger partial charge on any atom is -0.352 e. The summed E-state index contributed by atoms with van der Waals surface area (Å²) in [4.78, 5) is 26.5. The third-order valence-corrected chi connectivity index (χ3v) is 4.12. The average molecular weight is 353 g/mol. The van der Waals surface area contributed by atoms with Crippen LogP contribution in [0.4, 0.5) is 0 Å². The molecule has 2 aromatic rings. The summed E-state index contributed by atoms with van der Waals surface area (Å²) in [6.07, 6.45) is 2.43. The summed E-state index contributed by atoms with van der Waals surface area (Å²) in [5.74, 6) is -0.0293. The minimum absolute atomic E-state index is 0.0346. The number of amides is 2. The van der Waals surface area contributed by atoms with Gasteiger partial charge in [0.2, 0.25) is 0 Å². The molecule has 5 heteroatoms. The van der Waals surface area contributed by atoms with Crippen LogP contribution in [-0.4, -0.2) is 42.9 Å². The zero-order valence-corrected chi connectivity index (χ0v) is 15.1. The van der Waals surface area contributed by atoms with E-state index in [1.54, 1.807) is 12.1 Å². The quantitative estimate of drug-likeness (QED) is 0.645. The number of carbonyl (C=O) groups is 2. The summed E-state index contributed by atoms with van der Waals surface area (Å²) in [6.45, 7) is 2.47. The molecule has 0 unspecified atom stereocenters. The van der Waals surface area contributed by atoms with Crippen LogP contribution in [0, 0.1) is 0 Å². The summed E-state index contributed by atoms with van der Waals surface area (Å²) in [6, 6.07) is 18.5. The number of rotatable bonds is 10. The standard InChI is InChI=1S/C21H27N3O2/c22-14-9-17-24(21(26)19-12-5-2-6-13-19)16-8-7-15-23-20(25)18-10-3-1-4-11-18/h1-6,10-13H,7-9,14-17,22H2,(H,23,25). The van der Waals surface area contributed by atoms with Gasteiger partial charge < -0.3 is 16.0 Å². The van der Waals surface area contributed by atoms with Gasteiger partial charge in [0, 0.05) is 30.8 Å². The van der Waals surface area contributed by atoms with Crippen LogP contribution in [0.15, 0.2) is 60.7 Å². The highest BCUT2D eigenvalue weighted by atomic mass is 16.2. The molecule has 0 aliphatic rings. The highest BCUT2D eigenvalue weighted by molar-refractivity contribution is 5.94. The van der Waals surface area contributed by atoms with Crippen molar-refractivity contribution in [3.8, 4) is 0 Å². The SMILES string of the molecule is NCCCN(CCCCNC(=O)c1ccccc1)C(=O)c1ccccc1. The number of hydrogen-bond acceptors (Lipinski definition) is 3. The van der Waals surface area contributed by atoms with Crippen LogP contribution in [-0.2, 0) is 0 Å². The van der Waals surface area contributed by atoms with E-state index in [4.69, 9.17) is 5.73 Å². The molecule has 0 heterocycles. The first-order valence-corrected chi connectivity index (χ1v) is 9.10. The maximum atomic E-state index is 12.6. The monoisotopic (exact) mass is 353 g/mol. The van der Waals surface area contributed by atoms with Crippen molar-refractivity contribution in [2.45, 2.75) is 19.3 Å². The molecule has 26 heavy (non-hydrogen) atoms. The van der Waals surface area contributed by atoms with Crippen LogP contribution in [0.1, 0.15) is 40.0 Å². The molecule has 0 aliphatic carbocycles. The molecule has 3 N–H and O–H groups in total. The van der Waals surface area contributed by atoms with E-state index in [1.165, 1.54) is 0 Å². The molecule has 5 nitrogen and oxygen atoms in total. The largest absolute Gasteiger partial charge is 0.352 e. The molecule has 0 radical (unpaired) electrons. The van der Waals surface area contributed by atoms with Gasteiger partial charge in [-0.1, -0.05) is 36.4 Å². The smallest absolute Gasteiger partial charge is 0.253 e. The number of nitrogens with zero attached hydrogens (tertiary/aromatic N) is 1. The van der Waals surface area contributed by atoms with Crippen molar-refractivity contribution in [1.82, 2.24) is 10.2 Å². The van der Waals surface area contributed by atoms with Gasteiger partial charge in [0.1, 0.15) is 0 Å². The van der Waals surface area contributed by atoms with Gasteiger partial charge in [-0.2, -0.15) is 0 Å². The Balaban J connectivity index is 1.76. The first-order chi connectivity index (χ1) is 12.7. The summed E-state index contributed by atoms with van der Waals surface area (Å²) in [7, 11) is 0. The molecule has 0 saturated heterocycles. The number of hydrogen-bond donors (Lipinski definition) is 2. The van der Waals surface area contributed by atoms with E-state index >= 15 is 0 Å². The lowest BCUT2D eigenvalue weighted by atomic mass is 10.1. The molecular formula is C21H27N3O2. The molecule has 0 spiro atoms. The lowest BCUT2D eigenvalue weighted by Crippen LogP contribution is -2.34. The van der Waals surface area contributed by atoms with E-state index < -0.39 is 0 Å². The second kappa shape index (κ2) is 11.1. The van der Waals surface area contributed by atoms with E-state index in [2.05, 4.69) is 5.32 Å². The van der Waals surface area contributed by atoms with Gasteiger partial charge in [0.25, 0.3) is 11.8 Å². The molecule has 2 amide bonds. The van der Waals surface area contributed by atoms with Crippen LogP contribution < -0.4 is 11.1 Å². The molecule has 0 aromatic heterocycles. The topological polar surface area (TPSA) is 75.4 Å². The van der Waals surface area contributed by atoms with Gasteiger partial charge >= 0.3 is 0 Å². The number of carbonyl (C=O) groups excluding carboxylic acids is 2. The Morgan fingerprint density at radius 2 is 1.38 bits per heavy atom. The predicted molar refractivity (Wildman–Crippen MR) is 104 cm³/mol. The number of nitrogens with one attached hydrogen (secondary N) is 1. The van der Waals surface area contributed by atoms with Crippen molar-refractivity contribution in [1.29, 1.82) is 0 Å². The van der Waals surface area contributed by atoms with E-state index in [-0.39, 0.29) is 11.8 Å². The van der Waals surface area contributed by atoms with Gasteiger partial charge in [-0.3, -0.25) is 9.59 Å². The fourth-order valence-electron chi connectivity index (χ4n) is 2.68. The first-order valence-electron chi connectivity index (χ1n) is 9.10. The third kappa shape index (κ3) is 6.33. The molecule has 2 rings (SSSR count). The van der Waals surface area contributed by atoms with Crippen molar-refractivity contribution in [2.75, 3.05) is 26.2 Å².